The van der Waals surface area contributed by atoms with Gasteiger partial charge in [0.25, 0.3) is 0 Å². The molecular weight excluding hydrogens is 702 g/mol. The average Bonchev–Trinajstić information content (AvgIpc) is 3.58. The summed E-state index contributed by atoms with van der Waals surface area (Å²) >= 11 is 0. The Morgan fingerprint density at radius 2 is 0.865 bits per heavy atom. The van der Waals surface area contributed by atoms with Gasteiger partial charge in [-0.2, -0.15) is 0 Å². The number of para-hydroxylation sites is 2. The predicted octanol–water partition coefficient (Wildman–Crippen LogP) is 7.26. The summed E-state index contributed by atoms with van der Waals surface area (Å²) in [6, 6.07) is 20.8. The summed E-state index contributed by atoms with van der Waals surface area (Å²) in [4.78, 5) is 4.58. The number of benzene rings is 2. The quantitative estimate of drug-likeness (QED) is 0.289. The van der Waals surface area contributed by atoms with Crippen LogP contribution in [0.15, 0.2) is 60.7 Å². The van der Waals surface area contributed by atoms with Crippen molar-refractivity contribution in [1.82, 2.24) is 9.34 Å². The van der Waals surface area contributed by atoms with E-state index in [1.807, 2.05) is 12.1 Å². The number of ether oxygens (including phenoxy) is 1. The fourth-order valence-electron chi connectivity index (χ4n) is 8.75. The zero-order valence-electron chi connectivity index (χ0n) is 32.6. The molecule has 0 N–H and O–H groups in total. The van der Waals surface area contributed by atoms with Gasteiger partial charge in [0.15, 0.2) is 0 Å². The van der Waals surface area contributed by atoms with E-state index in [0.717, 1.165) is 24.5 Å². The van der Waals surface area contributed by atoms with Crippen LogP contribution >= 0.6 is 15.1 Å². The fourth-order valence-corrected chi connectivity index (χ4v) is 18.6. The first kappa shape index (κ1) is 38.8. The first-order valence-electron chi connectivity index (χ1n) is 19.0. The molecule has 5 saturated heterocycles. The van der Waals surface area contributed by atoms with Crippen molar-refractivity contribution in [3.63, 3.8) is 0 Å². The normalized spacial score (nSPS) is 31.4. The Morgan fingerprint density at radius 1 is 0.462 bits per heavy atom. The minimum absolute atomic E-state index is 0.328. The molecule has 14 heteroatoms. The van der Waals surface area contributed by atoms with Crippen LogP contribution < -0.4 is 9.80 Å². The maximum atomic E-state index is 7.14. The molecule has 0 amide bonds. The summed E-state index contributed by atoms with van der Waals surface area (Å²) in [5.41, 5.74) is 0.291. The van der Waals surface area contributed by atoms with E-state index in [1.54, 1.807) is 0 Å². The van der Waals surface area contributed by atoms with Gasteiger partial charge >= 0.3 is 312 Å². The Labute approximate surface area is 311 Å². The van der Waals surface area contributed by atoms with Gasteiger partial charge in [-0.1, -0.05) is 0 Å². The number of anilines is 2. The summed E-state index contributed by atoms with van der Waals surface area (Å²) in [5.74, 6) is 0. The summed E-state index contributed by atoms with van der Waals surface area (Å²) in [6.45, 7) is 24.1. The molecule has 52 heavy (non-hydrogen) atoms. The van der Waals surface area contributed by atoms with E-state index in [1.165, 1.54) is 0 Å². The van der Waals surface area contributed by atoms with Gasteiger partial charge in [-0.3, -0.25) is 0 Å². The molecule has 292 valence electrons. The van der Waals surface area contributed by atoms with Crippen molar-refractivity contribution in [2.24, 2.45) is 0 Å². The van der Waals surface area contributed by atoms with Crippen LogP contribution in [0.3, 0.4) is 0 Å². The van der Waals surface area contributed by atoms with Gasteiger partial charge in [-0.25, -0.2) is 0 Å². The molecule has 5 aliphatic heterocycles. The monoisotopic (exact) mass is 764 g/mol. The van der Waals surface area contributed by atoms with Crippen LogP contribution in [0.1, 0.15) is 55.4 Å². The van der Waals surface area contributed by atoms with Crippen molar-refractivity contribution in [2.45, 2.75) is 77.8 Å². The van der Waals surface area contributed by atoms with E-state index < -0.39 is 37.5 Å². The van der Waals surface area contributed by atoms with Gasteiger partial charge in [-0.15, -0.1) is 0 Å². The van der Waals surface area contributed by atoms with Crippen LogP contribution in [0.5, 0.6) is 0 Å². The van der Waals surface area contributed by atoms with Crippen molar-refractivity contribution in [2.75, 3.05) is 101 Å². The molecule has 0 unspecified atom stereocenters. The molecule has 5 aliphatic rings. The molecule has 0 bridgehead atoms. The van der Waals surface area contributed by atoms with Gasteiger partial charge in [0.2, 0.25) is 0 Å². The second-order valence-corrected chi connectivity index (χ2v) is 23.9. The van der Waals surface area contributed by atoms with E-state index in [2.05, 4.69) is 123 Å². The number of nitrogens with zero attached hydrogens (tertiary/aromatic N) is 4. The second kappa shape index (κ2) is 13.6. The number of hydrogen-bond acceptors (Lipinski definition) is 12. The van der Waals surface area contributed by atoms with Crippen molar-refractivity contribution in [3.05, 3.63) is 60.7 Å². The molecule has 0 atom stereocenters. The summed E-state index contributed by atoms with van der Waals surface area (Å²) in [6.07, 6.45) is 0.534. The van der Waals surface area contributed by atoms with Crippen LogP contribution in [0, 0.1) is 0 Å². The van der Waals surface area contributed by atoms with Crippen molar-refractivity contribution < 1.29 is 36.4 Å². The third-order valence-corrected chi connectivity index (χ3v) is 19.1. The molecule has 2 aromatic carbocycles. The van der Waals surface area contributed by atoms with E-state index >= 15 is 0 Å². The van der Waals surface area contributed by atoms with E-state index in [9.17, 15) is 0 Å². The molecule has 0 radical (unpaired) electrons. The van der Waals surface area contributed by atoms with Gasteiger partial charge in [-0.05, 0) is 0 Å². The van der Waals surface area contributed by atoms with E-state index in [4.69, 9.17) is 36.4 Å². The molecule has 2 spiro atoms. The molecule has 0 saturated carbocycles. The Balaban J connectivity index is 1.23. The van der Waals surface area contributed by atoms with E-state index in [0.29, 0.717) is 78.5 Å². The second-order valence-electron chi connectivity index (χ2n) is 17.3. The van der Waals surface area contributed by atoms with Crippen molar-refractivity contribution in [1.29, 1.82) is 0 Å². The molecular formula is C38H62N4O8P2. The predicted molar refractivity (Wildman–Crippen MR) is 208 cm³/mol. The minimum atomic E-state index is -4.23. The molecule has 5 fully saturated rings. The zero-order valence-corrected chi connectivity index (χ0v) is 34.4. The van der Waals surface area contributed by atoms with Crippen molar-refractivity contribution in [3.8, 4) is 0 Å². The first-order chi connectivity index (χ1) is 24.4. The molecule has 0 aromatic heterocycles. The third kappa shape index (κ3) is 7.54. The molecule has 2 aromatic rings. The molecule has 5 heterocycles. The van der Waals surface area contributed by atoms with Crippen molar-refractivity contribution >= 4 is 26.5 Å². The van der Waals surface area contributed by atoms with Gasteiger partial charge < -0.3 is 0 Å². The van der Waals surface area contributed by atoms with Gasteiger partial charge in [0, 0.05) is 0 Å². The van der Waals surface area contributed by atoms with Crippen LogP contribution in [-0.4, -0.2) is 123 Å². The molecule has 7 rings (SSSR count). The van der Waals surface area contributed by atoms with E-state index in [-0.39, 0.29) is 0 Å². The summed E-state index contributed by atoms with van der Waals surface area (Å²) < 4.78 is 60.3. The summed E-state index contributed by atoms with van der Waals surface area (Å²) in [7, 11) is -8.00. The SMILES string of the molecule is CC1(C)CN2CC(C)(C)OP23(CCOCCN(c2ccccc2)CCOP24(OCCN(c5ccccc5)CCO3)OC(C)(C)CN2CC(C)(C)O4)O1. The first-order valence-corrected chi connectivity index (χ1v) is 23.0. The topological polar surface area (TPSA) is 86.8 Å². The Morgan fingerprint density at radius 3 is 1.35 bits per heavy atom. The van der Waals surface area contributed by atoms with Gasteiger partial charge in [0.05, 0.1) is 0 Å². The summed E-state index contributed by atoms with van der Waals surface area (Å²) in [5, 5.41) is 0. The number of hydrogen-bond donors (Lipinski definition) is 0. The standard InChI is InChI=1S/C38H62N4O8P2/c1-35(2)29-41-30-36(3,4)48-51(41,47-35)28-27-43-23-19-39(33-15-11-9-12-16-33)21-25-45-52(42(31-37(5,6)49-52)32-38(7,8)50-52)46-26-22-40(20-24-44-51)34-17-13-10-14-18-34/h9-18H,19-32H2,1-8H3. The van der Waals surface area contributed by atoms with Gasteiger partial charge in [0.1, 0.15) is 0 Å². The fraction of sp³-hybridized carbons (Fsp3) is 0.684. The van der Waals surface area contributed by atoms with Crippen LogP contribution in [0.25, 0.3) is 0 Å². The Bertz CT molecular complexity index is 1520. The number of rotatable bonds is 2. The molecule has 0 aliphatic carbocycles. The Kier molecular flexibility index (Phi) is 10.1. The third-order valence-electron chi connectivity index (χ3n) is 10.3. The zero-order chi connectivity index (χ0) is 37.0. The average molecular weight is 765 g/mol. The Hall–Kier alpha value is -1.50. The molecule has 12 nitrogen and oxygen atoms in total. The van der Waals surface area contributed by atoms with Crippen LogP contribution in [0.2, 0.25) is 0 Å². The van der Waals surface area contributed by atoms with Crippen LogP contribution in [0.4, 0.5) is 11.4 Å². The maximum absolute atomic E-state index is 7.14. The van der Waals surface area contributed by atoms with Crippen LogP contribution in [-0.2, 0) is 36.4 Å².